The van der Waals surface area contributed by atoms with Crippen LogP contribution in [0.4, 0.5) is 24.5 Å². The smallest absolute Gasteiger partial charge is 0.451 e. The normalized spacial score (nSPS) is 13.9. The zero-order valence-corrected chi connectivity index (χ0v) is 20.2. The first-order valence-corrected chi connectivity index (χ1v) is 11.6. The van der Waals surface area contributed by atoms with Gasteiger partial charge in [-0.1, -0.05) is 11.6 Å². The molecule has 1 saturated heterocycles. The lowest BCUT2D eigenvalue weighted by Crippen LogP contribution is -2.52. The van der Waals surface area contributed by atoms with Gasteiger partial charge in [-0.15, -0.1) is 0 Å². The van der Waals surface area contributed by atoms with Crippen molar-refractivity contribution in [3.63, 3.8) is 0 Å². The number of piperazine rings is 1. The van der Waals surface area contributed by atoms with E-state index in [1.54, 1.807) is 60.7 Å². The van der Waals surface area contributed by atoms with Gasteiger partial charge < -0.3 is 19.5 Å². The molecule has 0 unspecified atom stereocenters. The van der Waals surface area contributed by atoms with Crippen LogP contribution in [0.25, 0.3) is 11.3 Å². The topological polar surface area (TPSA) is 77.8 Å². The Bertz CT molecular complexity index is 1250. The van der Waals surface area contributed by atoms with Gasteiger partial charge in [0.2, 0.25) is 0 Å². The number of hydrogen-bond acceptors (Lipinski definition) is 5. The quantitative estimate of drug-likeness (QED) is 0.460. The molecule has 2 heterocycles. The van der Waals surface area contributed by atoms with Gasteiger partial charge in [0.05, 0.1) is 0 Å². The number of hydrogen-bond donors (Lipinski definition) is 2. The summed E-state index contributed by atoms with van der Waals surface area (Å²) in [6, 6.07) is 17.2. The maximum Gasteiger partial charge on any atom is 0.471 e. The number of benzene rings is 2. The Morgan fingerprint density at radius 1 is 0.917 bits per heavy atom. The maximum absolute atomic E-state index is 12.6. The van der Waals surface area contributed by atoms with Crippen LogP contribution in [-0.4, -0.2) is 54.2 Å². The largest absolute Gasteiger partial charge is 0.471 e. The van der Waals surface area contributed by atoms with Crippen LogP contribution in [0, 0.1) is 0 Å². The molecule has 1 aromatic heterocycles. The molecule has 36 heavy (non-hydrogen) atoms. The van der Waals surface area contributed by atoms with Gasteiger partial charge in [-0.3, -0.25) is 14.9 Å². The lowest BCUT2D eigenvalue weighted by Gasteiger charge is -2.36. The van der Waals surface area contributed by atoms with Crippen molar-refractivity contribution in [1.29, 1.82) is 0 Å². The minimum absolute atomic E-state index is 0.0129. The van der Waals surface area contributed by atoms with Crippen molar-refractivity contribution < 1.29 is 27.2 Å². The molecule has 4 rings (SSSR count). The summed E-state index contributed by atoms with van der Waals surface area (Å²) in [5.74, 6) is -1.74. The molecule has 0 radical (unpaired) electrons. The molecular weight excluding hydrogens is 517 g/mol. The first-order valence-electron chi connectivity index (χ1n) is 10.8. The second-order valence-electron chi connectivity index (χ2n) is 7.90. The molecule has 0 spiro atoms. The maximum atomic E-state index is 12.6. The number of thiocarbonyl (C=S) groups is 1. The third-order valence-electron chi connectivity index (χ3n) is 5.49. The van der Waals surface area contributed by atoms with E-state index in [-0.39, 0.29) is 37.1 Å². The van der Waals surface area contributed by atoms with Gasteiger partial charge in [-0.2, -0.15) is 13.2 Å². The Hall–Kier alpha value is -3.57. The zero-order valence-electron chi connectivity index (χ0n) is 18.6. The fraction of sp³-hybridized carbons (Fsp3) is 0.208. The van der Waals surface area contributed by atoms with Crippen molar-refractivity contribution in [2.75, 3.05) is 36.4 Å². The number of anilines is 2. The molecule has 3 aromatic rings. The van der Waals surface area contributed by atoms with Crippen LogP contribution in [0.1, 0.15) is 10.6 Å². The molecule has 7 nitrogen and oxygen atoms in total. The number of carbonyl (C=O) groups excluding carboxylic acids is 2. The standard InChI is InChI=1S/C24H20ClF3N4O3S/c25-16-3-1-15(2-4-16)19-9-10-20(35-19)21(33)30-23(36)29-17-5-7-18(8-6-17)31-11-13-32(14-12-31)22(34)24(26,27)28/h1-10H,11-14H2,(H2,29,30,33,36). The highest BCUT2D eigenvalue weighted by Crippen LogP contribution is 2.25. The molecule has 0 bridgehead atoms. The average molecular weight is 537 g/mol. The van der Waals surface area contributed by atoms with E-state index >= 15 is 0 Å². The van der Waals surface area contributed by atoms with Crippen LogP contribution >= 0.6 is 23.8 Å². The predicted molar refractivity (Wildman–Crippen MR) is 134 cm³/mol. The van der Waals surface area contributed by atoms with Crippen LogP contribution in [0.2, 0.25) is 5.02 Å². The minimum Gasteiger partial charge on any atom is -0.451 e. The SMILES string of the molecule is O=C(NC(=S)Nc1ccc(N2CCN(C(=O)C(F)(F)F)CC2)cc1)c1ccc(-c2ccc(Cl)cc2)o1. The Kier molecular flexibility index (Phi) is 7.51. The van der Waals surface area contributed by atoms with Crippen LogP contribution in [0.5, 0.6) is 0 Å². The summed E-state index contributed by atoms with van der Waals surface area (Å²) in [5, 5.41) is 6.11. The summed E-state index contributed by atoms with van der Waals surface area (Å²) in [6.07, 6.45) is -4.86. The van der Waals surface area contributed by atoms with Crippen molar-refractivity contribution in [2.45, 2.75) is 6.18 Å². The van der Waals surface area contributed by atoms with E-state index < -0.39 is 18.0 Å². The van der Waals surface area contributed by atoms with Crippen molar-refractivity contribution in [3.05, 3.63) is 71.4 Å². The molecule has 2 amide bonds. The highest BCUT2D eigenvalue weighted by atomic mass is 35.5. The number of halogens is 4. The number of carbonyl (C=O) groups is 2. The molecule has 1 aliphatic heterocycles. The highest BCUT2D eigenvalue weighted by molar-refractivity contribution is 7.80. The number of alkyl halides is 3. The van der Waals surface area contributed by atoms with Crippen LogP contribution in [0.15, 0.2) is 65.1 Å². The molecule has 0 aliphatic carbocycles. The molecule has 1 aliphatic rings. The minimum atomic E-state index is -4.86. The molecule has 12 heteroatoms. The van der Waals surface area contributed by atoms with E-state index in [4.69, 9.17) is 28.2 Å². The van der Waals surface area contributed by atoms with Gasteiger partial charge >= 0.3 is 12.1 Å². The van der Waals surface area contributed by atoms with E-state index in [2.05, 4.69) is 10.6 Å². The number of furan rings is 1. The van der Waals surface area contributed by atoms with Gasteiger partial charge in [0.1, 0.15) is 5.76 Å². The summed E-state index contributed by atoms with van der Waals surface area (Å²) in [6.45, 7) is 0.538. The van der Waals surface area contributed by atoms with Crippen molar-refractivity contribution in [1.82, 2.24) is 10.2 Å². The van der Waals surface area contributed by atoms with Gasteiger partial charge in [-0.05, 0) is 72.9 Å². The third kappa shape index (κ3) is 6.16. The molecule has 1 fully saturated rings. The molecule has 0 atom stereocenters. The van der Waals surface area contributed by atoms with Gasteiger partial charge in [-0.25, -0.2) is 0 Å². The summed E-state index contributed by atoms with van der Waals surface area (Å²) >= 11 is 11.1. The fourth-order valence-electron chi connectivity index (χ4n) is 3.66. The molecule has 2 aromatic carbocycles. The first-order chi connectivity index (χ1) is 17.1. The van der Waals surface area contributed by atoms with Gasteiger partial charge in [0, 0.05) is 48.1 Å². The van der Waals surface area contributed by atoms with Crippen molar-refractivity contribution in [3.8, 4) is 11.3 Å². The van der Waals surface area contributed by atoms with Crippen molar-refractivity contribution in [2.24, 2.45) is 0 Å². The molecule has 188 valence electrons. The van der Waals surface area contributed by atoms with Gasteiger partial charge in [0.25, 0.3) is 5.91 Å². The lowest BCUT2D eigenvalue weighted by molar-refractivity contribution is -0.185. The average Bonchev–Trinajstić information content (AvgIpc) is 3.35. The third-order valence-corrected chi connectivity index (χ3v) is 5.94. The van der Waals surface area contributed by atoms with E-state index in [0.29, 0.717) is 16.5 Å². The Balaban J connectivity index is 1.28. The van der Waals surface area contributed by atoms with Crippen LogP contribution in [-0.2, 0) is 4.79 Å². The number of amides is 2. The monoisotopic (exact) mass is 536 g/mol. The summed E-state index contributed by atoms with van der Waals surface area (Å²) in [7, 11) is 0. The fourth-order valence-corrected chi connectivity index (χ4v) is 4.00. The Labute approximate surface area is 214 Å². The number of nitrogens with one attached hydrogen (secondary N) is 2. The van der Waals surface area contributed by atoms with E-state index in [1.807, 2.05) is 4.90 Å². The second kappa shape index (κ2) is 10.6. The lowest BCUT2D eigenvalue weighted by atomic mass is 10.2. The van der Waals surface area contributed by atoms with E-state index in [9.17, 15) is 22.8 Å². The summed E-state index contributed by atoms with van der Waals surface area (Å²) in [4.78, 5) is 26.6. The first kappa shape index (κ1) is 25.5. The molecule has 2 N–H and O–H groups in total. The van der Waals surface area contributed by atoms with E-state index in [1.165, 1.54) is 0 Å². The van der Waals surface area contributed by atoms with Crippen LogP contribution in [0.3, 0.4) is 0 Å². The van der Waals surface area contributed by atoms with Crippen LogP contribution < -0.4 is 15.5 Å². The van der Waals surface area contributed by atoms with Crippen molar-refractivity contribution >= 4 is 52.1 Å². The van der Waals surface area contributed by atoms with Gasteiger partial charge in [0.15, 0.2) is 10.9 Å². The molecular formula is C24H20ClF3N4O3S. The predicted octanol–water partition coefficient (Wildman–Crippen LogP) is 4.94. The summed E-state index contributed by atoms with van der Waals surface area (Å²) < 4.78 is 43.4. The number of rotatable bonds is 4. The Morgan fingerprint density at radius 2 is 1.56 bits per heavy atom. The highest BCUT2D eigenvalue weighted by Gasteiger charge is 2.43. The molecule has 0 saturated carbocycles. The summed E-state index contributed by atoms with van der Waals surface area (Å²) in [5.41, 5.74) is 2.17. The zero-order chi connectivity index (χ0) is 25.9. The number of nitrogens with zero attached hydrogens (tertiary/aromatic N) is 2. The van der Waals surface area contributed by atoms with E-state index in [0.717, 1.165) is 16.2 Å². The Morgan fingerprint density at radius 3 is 2.17 bits per heavy atom. The second-order valence-corrected chi connectivity index (χ2v) is 8.75.